The summed E-state index contributed by atoms with van der Waals surface area (Å²) in [5.74, 6) is -0.170. The van der Waals surface area contributed by atoms with Gasteiger partial charge in [-0.05, 0) is 43.4 Å². The fourth-order valence-electron chi connectivity index (χ4n) is 3.35. The van der Waals surface area contributed by atoms with E-state index in [1.54, 1.807) is 12.1 Å². The number of fused-ring (bicyclic) bond motifs is 1. The number of aliphatic carboxylic acids is 1. The molecule has 1 aromatic rings. The number of urea groups is 1. The maximum absolute atomic E-state index is 12.0. The first kappa shape index (κ1) is 19.6. The molecular weight excluding hydrogens is 376 g/mol. The van der Waals surface area contributed by atoms with Crippen LogP contribution in [0.4, 0.5) is 4.79 Å². The zero-order valence-corrected chi connectivity index (χ0v) is 15.5. The number of rotatable bonds is 5. The molecule has 1 saturated carbocycles. The lowest BCUT2D eigenvalue weighted by atomic mass is 9.86. The number of hydrogen-bond acceptors (Lipinski definition) is 5. The summed E-state index contributed by atoms with van der Waals surface area (Å²) in [6.45, 7) is 0.838. The molecule has 1 heterocycles. The Labute approximate surface area is 161 Å². The highest BCUT2D eigenvalue weighted by Crippen LogP contribution is 2.39. The van der Waals surface area contributed by atoms with E-state index in [1.807, 2.05) is 0 Å². The average Bonchev–Trinajstić information content (AvgIpc) is 2.66. The number of hydrogen-bond donors (Lipinski definition) is 4. The fourth-order valence-corrected chi connectivity index (χ4v) is 3.63. The summed E-state index contributed by atoms with van der Waals surface area (Å²) in [7, 11) is 0. The Morgan fingerprint density at radius 3 is 2.59 bits per heavy atom. The van der Waals surface area contributed by atoms with Crippen LogP contribution in [0.1, 0.15) is 37.4 Å². The number of carbonyl (C=O) groups excluding carboxylic acids is 1. The van der Waals surface area contributed by atoms with Gasteiger partial charge in [0.15, 0.2) is 11.5 Å². The highest BCUT2D eigenvalue weighted by molar-refractivity contribution is 6.32. The molecule has 2 amide bonds. The second-order valence-corrected chi connectivity index (χ2v) is 7.19. The summed E-state index contributed by atoms with van der Waals surface area (Å²) in [6, 6.07) is 2.79. The molecule has 1 aliphatic carbocycles. The Morgan fingerprint density at radius 2 is 1.89 bits per heavy atom. The Bertz CT molecular complexity index is 705. The van der Waals surface area contributed by atoms with Gasteiger partial charge in [-0.3, -0.25) is 4.79 Å². The Kier molecular flexibility index (Phi) is 6.28. The van der Waals surface area contributed by atoms with E-state index in [2.05, 4.69) is 10.6 Å². The number of nitrogens with one attached hydrogen (secondary N) is 2. The van der Waals surface area contributed by atoms with Crippen LogP contribution in [0, 0.1) is 5.92 Å². The summed E-state index contributed by atoms with van der Waals surface area (Å²) in [5.41, 5.74) is 0.520. The number of benzene rings is 1. The number of halogens is 1. The van der Waals surface area contributed by atoms with E-state index in [0.29, 0.717) is 61.0 Å². The van der Waals surface area contributed by atoms with Crippen LogP contribution in [0.2, 0.25) is 5.02 Å². The van der Waals surface area contributed by atoms with Crippen molar-refractivity contribution in [3.63, 3.8) is 0 Å². The number of ether oxygens (including phenoxy) is 2. The van der Waals surface area contributed by atoms with Gasteiger partial charge in [-0.15, -0.1) is 0 Å². The molecule has 1 atom stereocenters. The molecule has 3 rings (SSSR count). The van der Waals surface area contributed by atoms with Gasteiger partial charge in [-0.2, -0.15) is 0 Å². The first-order valence-corrected chi connectivity index (χ1v) is 9.36. The minimum absolute atomic E-state index is 0.00623. The van der Waals surface area contributed by atoms with Crippen LogP contribution in [0.5, 0.6) is 11.5 Å². The van der Waals surface area contributed by atoms with Gasteiger partial charge in [-0.1, -0.05) is 11.6 Å². The molecular formula is C18H23ClN2O6. The van der Waals surface area contributed by atoms with E-state index in [0.717, 1.165) is 0 Å². The predicted octanol–water partition coefficient (Wildman–Crippen LogP) is 2.09. The smallest absolute Gasteiger partial charge is 0.315 e. The summed E-state index contributed by atoms with van der Waals surface area (Å²) >= 11 is 6.16. The van der Waals surface area contributed by atoms with Crippen molar-refractivity contribution in [1.82, 2.24) is 10.6 Å². The third-order valence-corrected chi connectivity index (χ3v) is 5.15. The number of carboxylic acid groups (broad SMARTS) is 1. The van der Waals surface area contributed by atoms with Crippen LogP contribution in [0.25, 0.3) is 0 Å². The summed E-state index contributed by atoms with van der Waals surface area (Å²) < 4.78 is 10.9. The van der Waals surface area contributed by atoms with Crippen molar-refractivity contribution in [2.24, 2.45) is 5.92 Å². The molecule has 148 valence electrons. The van der Waals surface area contributed by atoms with E-state index in [-0.39, 0.29) is 18.5 Å². The number of amides is 2. The zero-order chi connectivity index (χ0) is 19.4. The van der Waals surface area contributed by atoms with Crippen LogP contribution < -0.4 is 20.1 Å². The molecule has 2 aliphatic rings. The summed E-state index contributed by atoms with van der Waals surface area (Å²) in [6.07, 6.45) is 1.42. The molecule has 8 nitrogen and oxygen atoms in total. The van der Waals surface area contributed by atoms with Gasteiger partial charge in [0.05, 0.1) is 17.0 Å². The van der Waals surface area contributed by atoms with Gasteiger partial charge in [0, 0.05) is 12.6 Å². The third kappa shape index (κ3) is 4.95. The minimum Gasteiger partial charge on any atom is -0.486 e. The number of aliphatic hydroxyl groups excluding tert-OH is 1. The highest BCUT2D eigenvalue weighted by atomic mass is 35.5. The fraction of sp³-hybridized carbons (Fsp3) is 0.556. The van der Waals surface area contributed by atoms with Gasteiger partial charge >= 0.3 is 12.0 Å². The Balaban J connectivity index is 1.48. The highest BCUT2D eigenvalue weighted by Gasteiger charge is 2.27. The van der Waals surface area contributed by atoms with Crippen LogP contribution in [0.15, 0.2) is 12.1 Å². The number of carboxylic acids is 1. The maximum atomic E-state index is 12.0. The normalized spacial score (nSPS) is 22.6. The molecule has 0 saturated heterocycles. The minimum atomic E-state index is -0.952. The van der Waals surface area contributed by atoms with Gasteiger partial charge in [0.1, 0.15) is 13.2 Å². The average molecular weight is 399 g/mol. The van der Waals surface area contributed by atoms with Gasteiger partial charge in [-0.25, -0.2) is 4.79 Å². The quantitative estimate of drug-likeness (QED) is 0.603. The second kappa shape index (κ2) is 8.67. The lowest BCUT2D eigenvalue weighted by Crippen LogP contribution is -2.45. The van der Waals surface area contributed by atoms with Gasteiger partial charge in [0.25, 0.3) is 0 Å². The standard InChI is InChI=1S/C18H23ClN2O6/c19-13-7-11(8-15-16(13)27-6-5-26-15)14(22)9-20-18(25)21-12-3-1-10(2-4-12)17(23)24/h7-8,10,12,14,22H,1-6,9H2,(H,23,24)(H2,20,21,25). The second-order valence-electron chi connectivity index (χ2n) is 6.78. The molecule has 27 heavy (non-hydrogen) atoms. The van der Waals surface area contributed by atoms with Crippen molar-refractivity contribution in [3.05, 3.63) is 22.7 Å². The Hall–Kier alpha value is -2.19. The number of aliphatic hydroxyl groups is 1. The first-order chi connectivity index (χ1) is 12.9. The summed E-state index contributed by atoms with van der Waals surface area (Å²) in [4.78, 5) is 23.0. The maximum Gasteiger partial charge on any atom is 0.315 e. The molecule has 0 radical (unpaired) electrons. The van der Waals surface area contributed by atoms with Crippen LogP contribution in [0.3, 0.4) is 0 Å². The first-order valence-electron chi connectivity index (χ1n) is 8.98. The lowest BCUT2D eigenvalue weighted by molar-refractivity contribution is -0.142. The zero-order valence-electron chi connectivity index (χ0n) is 14.7. The van der Waals surface area contributed by atoms with Crippen molar-refractivity contribution in [2.75, 3.05) is 19.8 Å². The van der Waals surface area contributed by atoms with Crippen molar-refractivity contribution in [3.8, 4) is 11.5 Å². The van der Waals surface area contributed by atoms with Gasteiger partial charge in [0.2, 0.25) is 0 Å². The van der Waals surface area contributed by atoms with E-state index in [4.69, 9.17) is 26.2 Å². The van der Waals surface area contributed by atoms with E-state index >= 15 is 0 Å². The van der Waals surface area contributed by atoms with E-state index in [9.17, 15) is 14.7 Å². The lowest BCUT2D eigenvalue weighted by Gasteiger charge is -2.27. The van der Waals surface area contributed by atoms with Crippen molar-refractivity contribution in [2.45, 2.75) is 37.8 Å². The summed E-state index contributed by atoms with van der Waals surface area (Å²) in [5, 5.41) is 25.1. The van der Waals surface area contributed by atoms with Gasteiger partial charge < -0.3 is 30.3 Å². The molecule has 0 spiro atoms. The monoisotopic (exact) mass is 398 g/mol. The van der Waals surface area contributed by atoms with Crippen molar-refractivity contribution < 1.29 is 29.3 Å². The van der Waals surface area contributed by atoms with Crippen molar-refractivity contribution in [1.29, 1.82) is 0 Å². The van der Waals surface area contributed by atoms with E-state index < -0.39 is 18.1 Å². The molecule has 9 heteroatoms. The molecule has 1 fully saturated rings. The van der Waals surface area contributed by atoms with Crippen molar-refractivity contribution >= 4 is 23.6 Å². The van der Waals surface area contributed by atoms with Crippen LogP contribution in [-0.2, 0) is 4.79 Å². The molecule has 1 unspecified atom stereocenters. The van der Waals surface area contributed by atoms with E-state index in [1.165, 1.54) is 0 Å². The largest absolute Gasteiger partial charge is 0.486 e. The van der Waals surface area contributed by atoms with Crippen LogP contribution >= 0.6 is 11.6 Å². The topological polar surface area (TPSA) is 117 Å². The van der Waals surface area contributed by atoms with Crippen LogP contribution in [-0.4, -0.2) is 48.0 Å². The molecule has 4 N–H and O–H groups in total. The number of carbonyl (C=O) groups is 2. The predicted molar refractivity (Wildman–Crippen MR) is 97.3 cm³/mol. The molecule has 1 aromatic carbocycles. The molecule has 0 aromatic heterocycles. The Morgan fingerprint density at radius 1 is 1.19 bits per heavy atom. The molecule has 0 bridgehead atoms. The third-order valence-electron chi connectivity index (χ3n) is 4.87. The molecule has 1 aliphatic heterocycles. The SMILES string of the molecule is O=C(NCC(O)c1cc(Cl)c2c(c1)OCCO2)NC1CCC(C(=O)O)CC1.